The number of anilines is 1. The number of ether oxygens (including phenoxy) is 1. The first-order chi connectivity index (χ1) is 7.94. The van der Waals surface area contributed by atoms with E-state index in [2.05, 4.69) is 0 Å². The summed E-state index contributed by atoms with van der Waals surface area (Å²) in [6.45, 7) is 5.98. The number of carbonyl (C=O) groups excluding carboxylic acids is 1. The highest BCUT2D eigenvalue weighted by molar-refractivity contribution is 6.35. The molecule has 0 aromatic heterocycles. The van der Waals surface area contributed by atoms with E-state index in [-0.39, 0.29) is 5.91 Å². The van der Waals surface area contributed by atoms with E-state index in [0.29, 0.717) is 6.54 Å². The molecule has 1 rings (SSSR count). The van der Waals surface area contributed by atoms with Gasteiger partial charge in [0.2, 0.25) is 5.06 Å². The molecule has 0 heterocycles. The van der Waals surface area contributed by atoms with Crippen LogP contribution in [0.1, 0.15) is 19.4 Å². The van der Waals surface area contributed by atoms with E-state index in [9.17, 15) is 4.79 Å². The fraction of sp³-hybridized carbons (Fsp3) is 0.462. The van der Waals surface area contributed by atoms with E-state index < -0.39 is 5.06 Å². The fourth-order valence-electron chi connectivity index (χ4n) is 1.62. The molecule has 17 heavy (non-hydrogen) atoms. The minimum atomic E-state index is -1.32. The number of para-hydroxylation sites is 1. The monoisotopic (exact) mass is 255 g/mol. The maximum atomic E-state index is 12.2. The highest BCUT2D eigenvalue weighted by atomic mass is 35.5. The molecule has 0 fully saturated rings. The molecule has 1 unspecified atom stereocenters. The maximum absolute atomic E-state index is 12.2. The molecule has 4 heteroatoms. The Morgan fingerprint density at radius 1 is 1.47 bits per heavy atom. The van der Waals surface area contributed by atoms with Gasteiger partial charge in [-0.25, -0.2) is 0 Å². The molecule has 0 aliphatic heterocycles. The molecule has 1 atom stereocenters. The van der Waals surface area contributed by atoms with Crippen LogP contribution in [-0.2, 0) is 9.53 Å². The molecule has 0 aliphatic rings. The van der Waals surface area contributed by atoms with Crippen LogP contribution in [-0.4, -0.2) is 24.6 Å². The van der Waals surface area contributed by atoms with Gasteiger partial charge in [0.05, 0.1) is 0 Å². The van der Waals surface area contributed by atoms with Crippen LogP contribution in [0.4, 0.5) is 5.69 Å². The van der Waals surface area contributed by atoms with Gasteiger partial charge in [-0.3, -0.25) is 4.79 Å². The molecule has 1 aromatic carbocycles. The third-order valence-electron chi connectivity index (χ3n) is 2.73. The number of benzene rings is 1. The Labute approximate surface area is 107 Å². The fourth-order valence-corrected chi connectivity index (χ4v) is 1.72. The lowest BCUT2D eigenvalue weighted by molar-refractivity contribution is -0.130. The van der Waals surface area contributed by atoms with Crippen molar-refractivity contribution in [3.8, 4) is 0 Å². The zero-order chi connectivity index (χ0) is 13.1. The second-order valence-electron chi connectivity index (χ2n) is 3.96. The van der Waals surface area contributed by atoms with Crippen molar-refractivity contribution in [2.24, 2.45) is 0 Å². The zero-order valence-electron chi connectivity index (χ0n) is 10.7. The number of likely N-dealkylation sites (N-methyl/N-ethyl adjacent to an activating group) is 1. The molecule has 0 N–H and O–H groups in total. The van der Waals surface area contributed by atoms with Crippen LogP contribution in [0.2, 0.25) is 0 Å². The first-order valence-electron chi connectivity index (χ1n) is 5.55. The van der Waals surface area contributed by atoms with Crippen LogP contribution in [0.5, 0.6) is 0 Å². The predicted molar refractivity (Wildman–Crippen MR) is 70.5 cm³/mol. The molecule has 0 aliphatic carbocycles. The number of nitrogens with zero attached hydrogens (tertiary/aromatic N) is 1. The molecule has 1 aromatic rings. The quantitative estimate of drug-likeness (QED) is 0.775. The van der Waals surface area contributed by atoms with Crippen molar-refractivity contribution in [3.63, 3.8) is 0 Å². The summed E-state index contributed by atoms with van der Waals surface area (Å²) in [6.07, 6.45) is 0. The minimum Gasteiger partial charge on any atom is -0.355 e. The van der Waals surface area contributed by atoms with E-state index in [1.54, 1.807) is 11.8 Å². The third-order valence-corrected chi connectivity index (χ3v) is 3.05. The van der Waals surface area contributed by atoms with E-state index in [4.69, 9.17) is 16.3 Å². The predicted octanol–water partition coefficient (Wildman–Crippen LogP) is 2.95. The van der Waals surface area contributed by atoms with Gasteiger partial charge >= 0.3 is 0 Å². The Kier molecular flexibility index (Phi) is 4.54. The van der Waals surface area contributed by atoms with Crippen molar-refractivity contribution in [2.75, 3.05) is 18.6 Å². The van der Waals surface area contributed by atoms with Crippen LogP contribution in [0.3, 0.4) is 0 Å². The summed E-state index contributed by atoms with van der Waals surface area (Å²) in [5, 5.41) is -1.32. The molecule has 0 spiro atoms. The van der Waals surface area contributed by atoms with Crippen molar-refractivity contribution in [1.29, 1.82) is 0 Å². The molecular weight excluding hydrogens is 238 g/mol. The van der Waals surface area contributed by atoms with Crippen molar-refractivity contribution < 1.29 is 9.53 Å². The molecule has 1 amide bonds. The van der Waals surface area contributed by atoms with Crippen LogP contribution in [0, 0.1) is 6.92 Å². The van der Waals surface area contributed by atoms with E-state index in [1.165, 1.54) is 7.11 Å². The van der Waals surface area contributed by atoms with Gasteiger partial charge in [-0.15, -0.1) is 0 Å². The van der Waals surface area contributed by atoms with Gasteiger partial charge in [0.1, 0.15) is 0 Å². The summed E-state index contributed by atoms with van der Waals surface area (Å²) < 4.78 is 5.02. The minimum absolute atomic E-state index is 0.251. The van der Waals surface area contributed by atoms with Gasteiger partial charge in [0, 0.05) is 19.3 Å². The summed E-state index contributed by atoms with van der Waals surface area (Å²) in [4.78, 5) is 13.9. The van der Waals surface area contributed by atoms with E-state index >= 15 is 0 Å². The van der Waals surface area contributed by atoms with Crippen molar-refractivity contribution in [1.82, 2.24) is 0 Å². The van der Waals surface area contributed by atoms with Gasteiger partial charge in [-0.2, -0.15) is 0 Å². The molecular formula is C13H18ClNO2. The summed E-state index contributed by atoms with van der Waals surface area (Å²) in [5.74, 6) is -0.251. The lowest BCUT2D eigenvalue weighted by Crippen LogP contribution is -2.45. The van der Waals surface area contributed by atoms with Gasteiger partial charge in [-0.05, 0) is 32.4 Å². The lowest BCUT2D eigenvalue weighted by Gasteiger charge is -2.29. The van der Waals surface area contributed by atoms with Crippen LogP contribution >= 0.6 is 11.6 Å². The highest BCUT2D eigenvalue weighted by Crippen LogP contribution is 2.25. The number of amides is 1. The van der Waals surface area contributed by atoms with Gasteiger partial charge in [0.15, 0.2) is 0 Å². The standard InChI is InChI=1S/C13H18ClNO2/c1-5-15(12(16)13(3,14)17-4)11-9-7-6-8-10(11)2/h6-9H,5H2,1-4H3. The molecule has 0 radical (unpaired) electrons. The Morgan fingerprint density at radius 2 is 2.06 bits per heavy atom. The maximum Gasteiger partial charge on any atom is 0.274 e. The summed E-state index contributed by atoms with van der Waals surface area (Å²) >= 11 is 6.03. The molecule has 3 nitrogen and oxygen atoms in total. The number of carbonyl (C=O) groups is 1. The van der Waals surface area contributed by atoms with E-state index in [0.717, 1.165) is 11.3 Å². The van der Waals surface area contributed by atoms with Gasteiger partial charge < -0.3 is 9.64 Å². The third kappa shape index (κ3) is 2.99. The smallest absolute Gasteiger partial charge is 0.274 e. The van der Waals surface area contributed by atoms with Crippen LogP contribution in [0.25, 0.3) is 0 Å². The number of aryl methyl sites for hydroxylation is 1. The zero-order valence-corrected chi connectivity index (χ0v) is 11.4. The van der Waals surface area contributed by atoms with Crippen LogP contribution in [0.15, 0.2) is 24.3 Å². The largest absolute Gasteiger partial charge is 0.355 e. The van der Waals surface area contributed by atoms with Crippen molar-refractivity contribution >= 4 is 23.2 Å². The topological polar surface area (TPSA) is 29.5 Å². The van der Waals surface area contributed by atoms with Crippen molar-refractivity contribution in [2.45, 2.75) is 25.8 Å². The number of halogens is 1. The second kappa shape index (κ2) is 5.52. The average Bonchev–Trinajstić information content (AvgIpc) is 2.32. The number of hydrogen-bond donors (Lipinski definition) is 0. The first-order valence-corrected chi connectivity index (χ1v) is 5.93. The number of rotatable bonds is 4. The number of hydrogen-bond acceptors (Lipinski definition) is 2. The molecule has 94 valence electrons. The Hall–Kier alpha value is -1.06. The summed E-state index contributed by atoms with van der Waals surface area (Å²) in [6, 6.07) is 7.70. The lowest BCUT2D eigenvalue weighted by atomic mass is 10.1. The molecule has 0 saturated carbocycles. The van der Waals surface area contributed by atoms with Crippen molar-refractivity contribution in [3.05, 3.63) is 29.8 Å². The van der Waals surface area contributed by atoms with E-state index in [1.807, 2.05) is 38.1 Å². The number of methoxy groups -OCH3 is 1. The first kappa shape index (κ1) is 14.0. The normalized spacial score (nSPS) is 14.2. The second-order valence-corrected chi connectivity index (χ2v) is 4.68. The summed E-state index contributed by atoms with van der Waals surface area (Å²) in [7, 11) is 1.43. The molecule has 0 saturated heterocycles. The summed E-state index contributed by atoms with van der Waals surface area (Å²) in [5.41, 5.74) is 1.90. The van der Waals surface area contributed by atoms with Crippen LogP contribution < -0.4 is 4.90 Å². The Morgan fingerprint density at radius 3 is 2.53 bits per heavy atom. The van der Waals surface area contributed by atoms with Gasteiger partial charge in [0.25, 0.3) is 5.91 Å². The average molecular weight is 256 g/mol. The number of alkyl halides is 1. The molecule has 0 bridgehead atoms. The Balaban J connectivity index is 3.09. The highest BCUT2D eigenvalue weighted by Gasteiger charge is 2.35. The Bertz CT molecular complexity index is 404. The van der Waals surface area contributed by atoms with Gasteiger partial charge in [-0.1, -0.05) is 29.8 Å². The SMILES string of the molecule is CCN(C(=O)C(C)(Cl)OC)c1ccccc1C.